The Morgan fingerprint density at radius 3 is 2.73 bits per heavy atom. The fourth-order valence-electron chi connectivity index (χ4n) is 4.13. The highest BCUT2D eigenvalue weighted by atomic mass is 16.2. The van der Waals surface area contributed by atoms with Crippen LogP contribution in [0.5, 0.6) is 0 Å². The molecule has 0 radical (unpaired) electrons. The molecular weight excluding hydrogens is 272 g/mol. The van der Waals surface area contributed by atoms with Crippen LogP contribution in [0.15, 0.2) is 30.3 Å². The minimum Gasteiger partial charge on any atom is -0.353 e. The van der Waals surface area contributed by atoms with E-state index >= 15 is 0 Å². The van der Waals surface area contributed by atoms with Gasteiger partial charge < -0.3 is 10.6 Å². The molecule has 3 nitrogen and oxygen atoms in total. The molecule has 1 aliphatic heterocycles. The predicted octanol–water partition coefficient (Wildman–Crippen LogP) is 2.96. The molecule has 1 aliphatic carbocycles. The van der Waals surface area contributed by atoms with Gasteiger partial charge in [0.2, 0.25) is 5.91 Å². The molecule has 1 aromatic rings. The SMILES string of the molecule is CC1CCC2CC(CNCc3ccccc3)C(=O)NC2C1C. The van der Waals surface area contributed by atoms with Crippen molar-refractivity contribution in [2.45, 2.75) is 45.7 Å². The summed E-state index contributed by atoms with van der Waals surface area (Å²) in [6, 6.07) is 10.8. The summed E-state index contributed by atoms with van der Waals surface area (Å²) >= 11 is 0. The summed E-state index contributed by atoms with van der Waals surface area (Å²) in [5, 5.41) is 6.77. The van der Waals surface area contributed by atoms with Crippen molar-refractivity contribution in [2.75, 3.05) is 6.54 Å². The van der Waals surface area contributed by atoms with E-state index in [0.29, 0.717) is 17.9 Å². The third kappa shape index (κ3) is 3.35. The maximum absolute atomic E-state index is 12.4. The molecule has 1 saturated carbocycles. The third-order valence-electron chi connectivity index (χ3n) is 5.79. The average Bonchev–Trinajstić information content (AvgIpc) is 2.53. The van der Waals surface area contributed by atoms with Crippen LogP contribution in [0.25, 0.3) is 0 Å². The first-order valence-electron chi connectivity index (χ1n) is 8.70. The maximum atomic E-state index is 12.4. The van der Waals surface area contributed by atoms with E-state index < -0.39 is 0 Å². The van der Waals surface area contributed by atoms with Gasteiger partial charge in [0.25, 0.3) is 0 Å². The number of hydrogen-bond acceptors (Lipinski definition) is 2. The quantitative estimate of drug-likeness (QED) is 0.897. The van der Waals surface area contributed by atoms with Gasteiger partial charge in [0.1, 0.15) is 0 Å². The number of carbonyl (C=O) groups excluding carboxylic acids is 1. The zero-order valence-corrected chi connectivity index (χ0v) is 13.7. The molecule has 3 heteroatoms. The molecule has 2 aliphatic rings. The number of hydrogen-bond donors (Lipinski definition) is 2. The normalized spacial score (nSPS) is 34.8. The maximum Gasteiger partial charge on any atom is 0.224 e. The number of carbonyl (C=O) groups is 1. The Hall–Kier alpha value is -1.35. The highest BCUT2D eigenvalue weighted by molar-refractivity contribution is 5.80. The second-order valence-corrected chi connectivity index (χ2v) is 7.26. The zero-order chi connectivity index (χ0) is 15.5. The number of amides is 1. The van der Waals surface area contributed by atoms with Gasteiger partial charge in [-0.2, -0.15) is 0 Å². The number of fused-ring (bicyclic) bond motifs is 1. The number of rotatable bonds is 4. The Morgan fingerprint density at radius 2 is 1.95 bits per heavy atom. The van der Waals surface area contributed by atoms with Crippen molar-refractivity contribution in [3.63, 3.8) is 0 Å². The number of piperidine rings is 1. The van der Waals surface area contributed by atoms with E-state index in [2.05, 4.69) is 48.7 Å². The lowest BCUT2D eigenvalue weighted by molar-refractivity contribution is -0.131. The smallest absolute Gasteiger partial charge is 0.224 e. The molecule has 5 unspecified atom stereocenters. The van der Waals surface area contributed by atoms with Gasteiger partial charge in [-0.3, -0.25) is 4.79 Å². The van der Waals surface area contributed by atoms with Crippen LogP contribution in [0.3, 0.4) is 0 Å². The summed E-state index contributed by atoms with van der Waals surface area (Å²) in [6.45, 7) is 6.25. The van der Waals surface area contributed by atoms with E-state index in [1.54, 1.807) is 0 Å². The van der Waals surface area contributed by atoms with Crippen molar-refractivity contribution in [1.29, 1.82) is 0 Å². The standard InChI is InChI=1S/C19H28N2O/c1-13-8-9-16-10-17(19(22)21-18(16)14(13)2)12-20-11-15-6-4-3-5-7-15/h3-7,13-14,16-18,20H,8-12H2,1-2H3,(H,21,22). The van der Waals surface area contributed by atoms with Crippen molar-refractivity contribution >= 4 is 5.91 Å². The molecule has 22 heavy (non-hydrogen) atoms. The number of nitrogens with one attached hydrogen (secondary N) is 2. The van der Waals surface area contributed by atoms with Crippen molar-refractivity contribution in [3.8, 4) is 0 Å². The van der Waals surface area contributed by atoms with Crippen LogP contribution in [-0.4, -0.2) is 18.5 Å². The summed E-state index contributed by atoms with van der Waals surface area (Å²) in [6.07, 6.45) is 3.63. The Kier molecular flexibility index (Phi) is 4.82. The lowest BCUT2D eigenvalue weighted by atomic mass is 9.67. The molecule has 0 bridgehead atoms. The lowest BCUT2D eigenvalue weighted by Crippen LogP contribution is -2.56. The Balaban J connectivity index is 1.52. The van der Waals surface area contributed by atoms with Crippen LogP contribution in [0.1, 0.15) is 38.7 Å². The summed E-state index contributed by atoms with van der Waals surface area (Å²) in [4.78, 5) is 12.4. The molecular formula is C19H28N2O. The van der Waals surface area contributed by atoms with Crippen molar-refractivity contribution in [1.82, 2.24) is 10.6 Å². The molecule has 1 aromatic carbocycles. The molecule has 2 N–H and O–H groups in total. The summed E-state index contributed by atoms with van der Waals surface area (Å²) in [5.74, 6) is 2.40. The van der Waals surface area contributed by atoms with E-state index in [0.717, 1.165) is 25.4 Å². The van der Waals surface area contributed by atoms with E-state index in [4.69, 9.17) is 0 Å². The van der Waals surface area contributed by atoms with Gasteiger partial charge >= 0.3 is 0 Å². The Morgan fingerprint density at radius 1 is 1.18 bits per heavy atom. The topological polar surface area (TPSA) is 41.1 Å². The Bertz CT molecular complexity index is 501. The largest absolute Gasteiger partial charge is 0.353 e. The number of benzene rings is 1. The van der Waals surface area contributed by atoms with E-state index in [-0.39, 0.29) is 11.8 Å². The van der Waals surface area contributed by atoms with Crippen molar-refractivity contribution < 1.29 is 4.79 Å². The first kappa shape index (κ1) is 15.5. The summed E-state index contributed by atoms with van der Waals surface area (Å²) in [5.41, 5.74) is 1.27. The molecule has 3 rings (SSSR count). The first-order valence-corrected chi connectivity index (χ1v) is 8.70. The molecule has 5 atom stereocenters. The molecule has 2 fully saturated rings. The summed E-state index contributed by atoms with van der Waals surface area (Å²) in [7, 11) is 0. The van der Waals surface area contributed by atoms with Crippen LogP contribution < -0.4 is 10.6 Å². The van der Waals surface area contributed by atoms with Crippen LogP contribution in [0, 0.1) is 23.7 Å². The van der Waals surface area contributed by atoms with Crippen LogP contribution in [0.4, 0.5) is 0 Å². The van der Waals surface area contributed by atoms with Gasteiger partial charge in [0.15, 0.2) is 0 Å². The van der Waals surface area contributed by atoms with Gasteiger partial charge in [-0.1, -0.05) is 50.6 Å². The van der Waals surface area contributed by atoms with Crippen molar-refractivity contribution in [2.24, 2.45) is 23.7 Å². The van der Waals surface area contributed by atoms with Crippen molar-refractivity contribution in [3.05, 3.63) is 35.9 Å². The fourth-order valence-corrected chi connectivity index (χ4v) is 4.13. The highest BCUT2D eigenvalue weighted by Crippen LogP contribution is 2.39. The average molecular weight is 300 g/mol. The highest BCUT2D eigenvalue weighted by Gasteiger charge is 2.41. The molecule has 120 valence electrons. The minimum absolute atomic E-state index is 0.130. The second-order valence-electron chi connectivity index (χ2n) is 7.26. The molecule has 0 aromatic heterocycles. The van der Waals surface area contributed by atoms with Crippen LogP contribution in [0.2, 0.25) is 0 Å². The minimum atomic E-state index is 0.130. The van der Waals surface area contributed by atoms with Gasteiger partial charge in [-0.05, 0) is 36.2 Å². The van der Waals surface area contributed by atoms with Crippen LogP contribution in [-0.2, 0) is 11.3 Å². The van der Waals surface area contributed by atoms with Gasteiger partial charge in [0.05, 0.1) is 5.92 Å². The molecule has 1 saturated heterocycles. The summed E-state index contributed by atoms with van der Waals surface area (Å²) < 4.78 is 0. The second kappa shape index (κ2) is 6.82. The Labute approximate surface area is 133 Å². The van der Waals surface area contributed by atoms with Gasteiger partial charge in [-0.15, -0.1) is 0 Å². The monoisotopic (exact) mass is 300 g/mol. The van der Waals surface area contributed by atoms with E-state index in [9.17, 15) is 4.79 Å². The zero-order valence-electron chi connectivity index (χ0n) is 13.7. The van der Waals surface area contributed by atoms with E-state index in [1.165, 1.54) is 18.4 Å². The van der Waals surface area contributed by atoms with E-state index in [1.807, 2.05) is 6.07 Å². The van der Waals surface area contributed by atoms with Crippen LogP contribution >= 0.6 is 0 Å². The van der Waals surface area contributed by atoms with Gasteiger partial charge in [0, 0.05) is 19.1 Å². The molecule has 1 amide bonds. The molecule has 0 spiro atoms. The fraction of sp³-hybridized carbons (Fsp3) is 0.632. The first-order chi connectivity index (χ1) is 10.6. The third-order valence-corrected chi connectivity index (χ3v) is 5.79. The predicted molar refractivity (Wildman–Crippen MR) is 89.2 cm³/mol. The lowest BCUT2D eigenvalue weighted by Gasteiger charge is -2.45. The van der Waals surface area contributed by atoms with Gasteiger partial charge in [-0.25, -0.2) is 0 Å². The molecule has 1 heterocycles.